The Balaban J connectivity index is 0.00000176. The number of aliphatic imine (C=N–C) groups is 2. The van der Waals surface area contributed by atoms with Gasteiger partial charge in [0.25, 0.3) is 0 Å². The van der Waals surface area contributed by atoms with Crippen LogP contribution in [0.25, 0.3) is 0 Å². The summed E-state index contributed by atoms with van der Waals surface area (Å²) in [6.45, 7) is 17.9. The number of carbonyl (C=O) groups is 1. The molecule has 1 spiro atoms. The third-order valence-electron chi connectivity index (χ3n) is 7.64. The highest BCUT2D eigenvalue weighted by Gasteiger charge is 2.45. The molecule has 3 rings (SSSR count). The zero-order valence-corrected chi connectivity index (χ0v) is 20.9. The molecule has 32 heavy (non-hydrogen) atoms. The van der Waals surface area contributed by atoms with Crippen LogP contribution in [0.5, 0.6) is 0 Å². The highest BCUT2D eigenvalue weighted by Crippen LogP contribution is 2.54. The molecule has 0 N–H and O–H groups in total. The van der Waals surface area contributed by atoms with Gasteiger partial charge in [-0.05, 0) is 95.5 Å². The number of hydrogen-bond acceptors (Lipinski definition) is 5. The van der Waals surface area contributed by atoms with Crippen molar-refractivity contribution in [1.82, 2.24) is 4.90 Å². The molecule has 0 aromatic carbocycles. The monoisotopic (exact) mass is 443 g/mol. The van der Waals surface area contributed by atoms with E-state index >= 15 is 0 Å². The normalized spacial score (nSPS) is 27.8. The summed E-state index contributed by atoms with van der Waals surface area (Å²) in [4.78, 5) is 19.5. The lowest BCUT2D eigenvalue weighted by molar-refractivity contribution is -0.0980. The van der Waals surface area contributed by atoms with Crippen LogP contribution in [-0.4, -0.2) is 55.5 Å². The third kappa shape index (κ3) is 7.40. The summed E-state index contributed by atoms with van der Waals surface area (Å²) in [7, 11) is 0. The first-order valence-electron chi connectivity index (χ1n) is 12.5. The minimum atomic E-state index is -0.129. The van der Waals surface area contributed by atoms with Gasteiger partial charge in [0.05, 0.1) is 5.60 Å². The molecule has 3 aliphatic rings. The smallest absolute Gasteiger partial charge is 0.121 e. The number of carbonyl (C=O) groups excluding carboxylic acids is 1. The fourth-order valence-corrected chi connectivity index (χ4v) is 5.33. The fourth-order valence-electron chi connectivity index (χ4n) is 5.33. The van der Waals surface area contributed by atoms with E-state index in [9.17, 15) is 0 Å². The topological polar surface area (TPSA) is 54.3 Å². The Bertz CT molecular complexity index is 683. The molecule has 2 heterocycles. The summed E-state index contributed by atoms with van der Waals surface area (Å²) in [5.74, 6) is 1.83. The van der Waals surface area contributed by atoms with Crippen molar-refractivity contribution in [3.63, 3.8) is 0 Å². The highest BCUT2D eigenvalue weighted by molar-refractivity contribution is 5.79. The molecular formula is C27H45N3O2. The van der Waals surface area contributed by atoms with Crippen molar-refractivity contribution in [1.29, 1.82) is 0 Å². The lowest BCUT2D eigenvalue weighted by Gasteiger charge is -2.53. The Morgan fingerprint density at radius 2 is 1.97 bits per heavy atom. The van der Waals surface area contributed by atoms with Gasteiger partial charge in [0, 0.05) is 38.2 Å². The van der Waals surface area contributed by atoms with Gasteiger partial charge in [-0.3, -0.25) is 4.99 Å². The zero-order valence-electron chi connectivity index (χ0n) is 20.9. The standard InChI is InChI=1S/C26H43N3O.CH2O/c1-6-23(7-2)19-27-22(4)29-14-12-26(13-15-29)17-24(18-26)9-8-16-30-25(5)11-10-21(3)28-20-25;1-2/h6,19-21,24H,4,7-18H2,1-3,5H3;1H2/b23-6-,27-19-;/t21?,25-;/m1./s1. The van der Waals surface area contributed by atoms with Gasteiger partial charge in [0.15, 0.2) is 0 Å². The maximum absolute atomic E-state index is 8.00. The van der Waals surface area contributed by atoms with Crippen LogP contribution < -0.4 is 0 Å². The molecule has 0 amide bonds. The van der Waals surface area contributed by atoms with Gasteiger partial charge in [-0.25, -0.2) is 4.99 Å². The molecule has 0 aromatic rings. The van der Waals surface area contributed by atoms with Crippen molar-refractivity contribution < 1.29 is 9.53 Å². The second kappa shape index (κ2) is 12.5. The molecule has 2 fully saturated rings. The summed E-state index contributed by atoms with van der Waals surface area (Å²) in [6.07, 6.45) is 17.3. The number of allylic oxidation sites excluding steroid dienone is 2. The van der Waals surface area contributed by atoms with Crippen molar-refractivity contribution >= 4 is 19.2 Å². The molecule has 1 saturated heterocycles. The van der Waals surface area contributed by atoms with Crippen LogP contribution in [0.15, 0.2) is 34.0 Å². The summed E-state index contributed by atoms with van der Waals surface area (Å²) < 4.78 is 6.19. The average molecular weight is 444 g/mol. The molecule has 0 radical (unpaired) electrons. The van der Waals surface area contributed by atoms with Gasteiger partial charge < -0.3 is 14.4 Å². The van der Waals surface area contributed by atoms with E-state index in [0.29, 0.717) is 11.5 Å². The van der Waals surface area contributed by atoms with Crippen LogP contribution >= 0.6 is 0 Å². The van der Waals surface area contributed by atoms with E-state index in [4.69, 9.17) is 9.53 Å². The number of rotatable bonds is 9. The highest BCUT2D eigenvalue weighted by atomic mass is 16.5. The molecular weight excluding hydrogens is 398 g/mol. The molecule has 1 aliphatic carbocycles. The van der Waals surface area contributed by atoms with E-state index in [1.54, 1.807) is 0 Å². The van der Waals surface area contributed by atoms with Gasteiger partial charge in [0.2, 0.25) is 0 Å². The zero-order chi connectivity index (χ0) is 23.6. The van der Waals surface area contributed by atoms with E-state index in [-0.39, 0.29) is 5.60 Å². The lowest BCUT2D eigenvalue weighted by Crippen LogP contribution is -2.46. The van der Waals surface area contributed by atoms with Crippen LogP contribution in [-0.2, 0) is 9.53 Å². The molecule has 0 bridgehead atoms. The Kier molecular flexibility index (Phi) is 10.3. The predicted molar refractivity (Wildman–Crippen MR) is 136 cm³/mol. The van der Waals surface area contributed by atoms with Gasteiger partial charge in [-0.2, -0.15) is 0 Å². The number of nitrogens with zero attached hydrogens (tertiary/aromatic N) is 3. The predicted octanol–water partition coefficient (Wildman–Crippen LogP) is 6.00. The molecule has 2 atom stereocenters. The van der Waals surface area contributed by atoms with Crippen molar-refractivity contribution in [2.75, 3.05) is 19.7 Å². The molecule has 1 unspecified atom stereocenters. The Morgan fingerprint density at radius 1 is 1.28 bits per heavy atom. The van der Waals surface area contributed by atoms with Crippen LogP contribution in [0.2, 0.25) is 0 Å². The molecule has 5 nitrogen and oxygen atoms in total. The van der Waals surface area contributed by atoms with E-state index in [1.807, 2.05) is 19.2 Å². The quantitative estimate of drug-likeness (QED) is 0.324. The van der Waals surface area contributed by atoms with Crippen LogP contribution in [0.3, 0.4) is 0 Å². The van der Waals surface area contributed by atoms with Crippen molar-refractivity contribution in [2.45, 2.75) is 97.1 Å². The van der Waals surface area contributed by atoms with Gasteiger partial charge in [-0.1, -0.05) is 19.6 Å². The van der Waals surface area contributed by atoms with Gasteiger partial charge in [0.1, 0.15) is 12.6 Å². The lowest BCUT2D eigenvalue weighted by atomic mass is 9.56. The minimum Gasteiger partial charge on any atom is -0.370 e. The maximum atomic E-state index is 8.00. The Morgan fingerprint density at radius 3 is 2.53 bits per heavy atom. The Hall–Kier alpha value is -1.75. The fraction of sp³-hybridized carbons (Fsp3) is 0.741. The maximum Gasteiger partial charge on any atom is 0.121 e. The summed E-state index contributed by atoms with van der Waals surface area (Å²) in [5.41, 5.74) is 1.74. The molecule has 2 aliphatic heterocycles. The second-order valence-electron chi connectivity index (χ2n) is 10.1. The SMILES string of the molecule is C=C(/N=C\C(=C/C)CC)N1CCC2(CC1)CC(CCCO[C@@]1(C)C=NC(C)CC1)C2.C=O. The van der Waals surface area contributed by atoms with Crippen molar-refractivity contribution in [3.05, 3.63) is 24.0 Å². The first-order chi connectivity index (χ1) is 15.4. The number of piperidine rings is 1. The van der Waals surface area contributed by atoms with Crippen molar-refractivity contribution in [3.8, 4) is 0 Å². The van der Waals surface area contributed by atoms with Gasteiger partial charge >= 0.3 is 0 Å². The van der Waals surface area contributed by atoms with E-state index in [0.717, 1.165) is 50.7 Å². The van der Waals surface area contributed by atoms with E-state index < -0.39 is 0 Å². The van der Waals surface area contributed by atoms with Crippen LogP contribution in [0.4, 0.5) is 0 Å². The summed E-state index contributed by atoms with van der Waals surface area (Å²) >= 11 is 0. The number of hydrogen-bond donors (Lipinski definition) is 0. The molecule has 1 saturated carbocycles. The Labute approximate surface area is 196 Å². The van der Waals surface area contributed by atoms with E-state index in [1.165, 1.54) is 44.1 Å². The van der Waals surface area contributed by atoms with Crippen LogP contribution in [0, 0.1) is 11.3 Å². The first-order valence-corrected chi connectivity index (χ1v) is 12.5. The largest absolute Gasteiger partial charge is 0.370 e. The number of likely N-dealkylation sites (tertiary alicyclic amines) is 1. The molecule has 180 valence electrons. The summed E-state index contributed by atoms with van der Waals surface area (Å²) in [6, 6.07) is 0.463. The van der Waals surface area contributed by atoms with E-state index in [2.05, 4.69) is 55.2 Å². The van der Waals surface area contributed by atoms with Crippen LogP contribution in [0.1, 0.15) is 85.5 Å². The average Bonchev–Trinajstić information content (AvgIpc) is 2.80. The second-order valence-corrected chi connectivity index (χ2v) is 10.1. The summed E-state index contributed by atoms with van der Waals surface area (Å²) in [5, 5.41) is 0. The first kappa shape index (κ1) is 26.5. The number of ether oxygens (including phenoxy) is 1. The minimum absolute atomic E-state index is 0.129. The third-order valence-corrected chi connectivity index (χ3v) is 7.64. The molecule has 0 aromatic heterocycles. The molecule has 5 heteroatoms. The van der Waals surface area contributed by atoms with Gasteiger partial charge in [-0.15, -0.1) is 0 Å². The van der Waals surface area contributed by atoms with Crippen molar-refractivity contribution in [2.24, 2.45) is 21.3 Å².